The minimum atomic E-state index is -0.284. The Balaban J connectivity index is 2.58. The molecule has 0 fully saturated rings. The first-order valence-corrected chi connectivity index (χ1v) is 6.20. The highest BCUT2D eigenvalue weighted by molar-refractivity contribution is 7.09. The number of aryl methyl sites for hydroxylation is 1. The highest BCUT2D eigenvalue weighted by Gasteiger charge is 2.13. The van der Waals surface area contributed by atoms with Gasteiger partial charge in [0, 0.05) is 23.7 Å². The summed E-state index contributed by atoms with van der Waals surface area (Å²) in [5.41, 5.74) is 1.08. The number of aromatic nitrogens is 1. The molecule has 0 amide bonds. The molecule has 1 unspecified atom stereocenters. The zero-order valence-electron chi connectivity index (χ0n) is 9.90. The topological polar surface area (TPSA) is 36.4 Å². The van der Waals surface area contributed by atoms with Crippen LogP contribution in [0.15, 0.2) is 5.38 Å². The number of hydrogen-bond acceptors (Lipinski definition) is 4. The van der Waals surface area contributed by atoms with Crippen LogP contribution in [0.5, 0.6) is 0 Å². The molecule has 0 saturated carbocycles. The van der Waals surface area contributed by atoms with E-state index in [1.54, 1.807) is 11.3 Å². The van der Waals surface area contributed by atoms with E-state index in [2.05, 4.69) is 29.1 Å². The van der Waals surface area contributed by atoms with Crippen molar-refractivity contribution in [3.8, 4) is 0 Å². The number of hydrogen-bond donors (Lipinski definition) is 1. The van der Waals surface area contributed by atoms with Crippen LogP contribution in [0.2, 0.25) is 0 Å². The molecule has 0 aliphatic carbocycles. The summed E-state index contributed by atoms with van der Waals surface area (Å²) in [6.45, 7) is 9.65. The van der Waals surface area contributed by atoms with Gasteiger partial charge in [-0.2, -0.15) is 0 Å². The average molecular weight is 228 g/mol. The van der Waals surface area contributed by atoms with Crippen molar-refractivity contribution < 1.29 is 5.11 Å². The van der Waals surface area contributed by atoms with Crippen molar-refractivity contribution in [3.63, 3.8) is 0 Å². The predicted molar refractivity (Wildman–Crippen MR) is 64.1 cm³/mol. The van der Waals surface area contributed by atoms with E-state index in [9.17, 15) is 5.11 Å². The Hall–Kier alpha value is -0.450. The maximum Gasteiger partial charge on any atom is 0.107 e. The summed E-state index contributed by atoms with van der Waals surface area (Å²) in [4.78, 5) is 6.67. The third-order valence-electron chi connectivity index (χ3n) is 2.23. The summed E-state index contributed by atoms with van der Waals surface area (Å²) >= 11 is 1.69. The lowest BCUT2D eigenvalue weighted by Crippen LogP contribution is -2.36. The molecule has 1 aromatic heterocycles. The number of nitrogens with zero attached hydrogens (tertiary/aromatic N) is 2. The van der Waals surface area contributed by atoms with E-state index >= 15 is 0 Å². The van der Waals surface area contributed by atoms with Gasteiger partial charge in [-0.05, 0) is 27.7 Å². The molecule has 1 N–H and O–H groups in total. The first-order chi connectivity index (χ1) is 6.99. The second-order valence-corrected chi connectivity index (χ2v) is 5.20. The summed E-state index contributed by atoms with van der Waals surface area (Å²) in [6.07, 6.45) is -0.284. The Kier molecular flexibility index (Phi) is 4.70. The zero-order valence-corrected chi connectivity index (χ0v) is 10.7. The maximum absolute atomic E-state index is 9.40. The van der Waals surface area contributed by atoms with Gasteiger partial charge in [0.25, 0.3) is 0 Å². The monoisotopic (exact) mass is 228 g/mol. The minimum absolute atomic E-state index is 0.284. The van der Waals surface area contributed by atoms with E-state index in [0.29, 0.717) is 12.6 Å². The Labute approximate surface area is 95.8 Å². The largest absolute Gasteiger partial charge is 0.392 e. The Morgan fingerprint density at radius 2 is 2.13 bits per heavy atom. The van der Waals surface area contributed by atoms with Gasteiger partial charge in [0.1, 0.15) is 5.01 Å². The van der Waals surface area contributed by atoms with Gasteiger partial charge in [0.15, 0.2) is 0 Å². The molecule has 1 aromatic rings. The van der Waals surface area contributed by atoms with Gasteiger partial charge in [-0.15, -0.1) is 11.3 Å². The van der Waals surface area contributed by atoms with Crippen molar-refractivity contribution in [1.29, 1.82) is 0 Å². The quantitative estimate of drug-likeness (QED) is 0.838. The number of aliphatic hydroxyl groups excluding tert-OH is 1. The molecule has 4 heteroatoms. The number of rotatable bonds is 5. The lowest BCUT2D eigenvalue weighted by molar-refractivity contribution is 0.103. The van der Waals surface area contributed by atoms with Gasteiger partial charge in [0.05, 0.1) is 12.6 Å². The zero-order chi connectivity index (χ0) is 11.4. The standard InChI is InChI=1S/C11H20N2OS/c1-8(2)13(5-10(4)14)6-11-12-9(3)7-15-11/h7-8,10,14H,5-6H2,1-4H3. The van der Waals surface area contributed by atoms with E-state index in [-0.39, 0.29) is 6.10 Å². The van der Waals surface area contributed by atoms with Crippen molar-refractivity contribution in [3.05, 3.63) is 16.1 Å². The molecule has 15 heavy (non-hydrogen) atoms. The molecule has 0 radical (unpaired) electrons. The average Bonchev–Trinajstić information content (AvgIpc) is 2.49. The summed E-state index contributed by atoms with van der Waals surface area (Å²) in [6, 6.07) is 0.434. The summed E-state index contributed by atoms with van der Waals surface area (Å²) < 4.78 is 0. The van der Waals surface area contributed by atoms with Gasteiger partial charge in [-0.3, -0.25) is 4.90 Å². The van der Waals surface area contributed by atoms with Gasteiger partial charge in [0.2, 0.25) is 0 Å². The number of aliphatic hydroxyl groups is 1. The van der Waals surface area contributed by atoms with Crippen molar-refractivity contribution in [2.75, 3.05) is 6.54 Å². The fraction of sp³-hybridized carbons (Fsp3) is 0.727. The minimum Gasteiger partial charge on any atom is -0.392 e. The maximum atomic E-state index is 9.40. The second-order valence-electron chi connectivity index (χ2n) is 4.25. The van der Waals surface area contributed by atoms with Crippen LogP contribution in [0.4, 0.5) is 0 Å². The molecule has 0 saturated heterocycles. The Morgan fingerprint density at radius 1 is 1.47 bits per heavy atom. The van der Waals surface area contributed by atoms with Crippen LogP contribution in [0.1, 0.15) is 31.5 Å². The van der Waals surface area contributed by atoms with Gasteiger partial charge < -0.3 is 5.11 Å². The SMILES string of the molecule is Cc1csc(CN(CC(C)O)C(C)C)n1. The molecular weight excluding hydrogens is 208 g/mol. The number of thiazole rings is 1. The highest BCUT2D eigenvalue weighted by Crippen LogP contribution is 2.13. The third-order valence-corrected chi connectivity index (χ3v) is 3.19. The van der Waals surface area contributed by atoms with Crippen molar-refractivity contribution in [2.24, 2.45) is 0 Å². The molecule has 0 aliphatic rings. The molecular formula is C11H20N2OS. The molecule has 3 nitrogen and oxygen atoms in total. The van der Waals surface area contributed by atoms with Crippen LogP contribution < -0.4 is 0 Å². The van der Waals surface area contributed by atoms with Crippen molar-refractivity contribution >= 4 is 11.3 Å². The summed E-state index contributed by atoms with van der Waals surface area (Å²) in [5, 5.41) is 12.6. The smallest absolute Gasteiger partial charge is 0.107 e. The molecule has 86 valence electrons. The molecule has 0 aromatic carbocycles. The first-order valence-electron chi connectivity index (χ1n) is 5.32. The predicted octanol–water partition coefficient (Wildman–Crippen LogP) is 2.04. The highest BCUT2D eigenvalue weighted by atomic mass is 32.1. The molecule has 1 rings (SSSR count). The fourth-order valence-corrected chi connectivity index (χ4v) is 2.24. The van der Waals surface area contributed by atoms with E-state index in [4.69, 9.17) is 0 Å². The lowest BCUT2D eigenvalue weighted by Gasteiger charge is -2.26. The van der Waals surface area contributed by atoms with Gasteiger partial charge in [-0.25, -0.2) is 4.98 Å². The summed E-state index contributed by atoms with van der Waals surface area (Å²) in [5.74, 6) is 0. The lowest BCUT2D eigenvalue weighted by atomic mass is 10.2. The molecule has 0 spiro atoms. The summed E-state index contributed by atoms with van der Waals surface area (Å²) in [7, 11) is 0. The van der Waals surface area contributed by atoms with Crippen molar-refractivity contribution in [2.45, 2.75) is 46.4 Å². The molecule has 0 aliphatic heterocycles. The molecule has 0 bridgehead atoms. The first kappa shape index (κ1) is 12.6. The van der Waals surface area contributed by atoms with Crippen molar-refractivity contribution in [1.82, 2.24) is 9.88 Å². The molecule has 1 heterocycles. The van der Waals surface area contributed by atoms with Gasteiger partial charge in [-0.1, -0.05) is 0 Å². The van der Waals surface area contributed by atoms with Crippen LogP contribution in [-0.2, 0) is 6.54 Å². The molecule has 1 atom stereocenters. The van der Waals surface area contributed by atoms with E-state index in [1.165, 1.54) is 0 Å². The van der Waals surface area contributed by atoms with E-state index < -0.39 is 0 Å². The van der Waals surface area contributed by atoms with E-state index in [0.717, 1.165) is 17.2 Å². The van der Waals surface area contributed by atoms with Crippen LogP contribution in [0, 0.1) is 6.92 Å². The second kappa shape index (κ2) is 5.58. The normalized spacial score (nSPS) is 13.8. The van der Waals surface area contributed by atoms with Crippen LogP contribution in [0.25, 0.3) is 0 Å². The Bertz CT molecular complexity index is 297. The third kappa shape index (κ3) is 4.28. The van der Waals surface area contributed by atoms with Crippen LogP contribution in [0.3, 0.4) is 0 Å². The van der Waals surface area contributed by atoms with Crippen LogP contribution in [-0.4, -0.2) is 33.7 Å². The van der Waals surface area contributed by atoms with Crippen LogP contribution >= 0.6 is 11.3 Å². The van der Waals surface area contributed by atoms with Gasteiger partial charge >= 0.3 is 0 Å². The fourth-order valence-electron chi connectivity index (χ4n) is 1.45. The van der Waals surface area contributed by atoms with E-state index in [1.807, 2.05) is 13.8 Å². The Morgan fingerprint density at radius 3 is 2.53 bits per heavy atom.